The van der Waals surface area contributed by atoms with Crippen LogP contribution in [0.2, 0.25) is 0 Å². The predicted octanol–water partition coefficient (Wildman–Crippen LogP) is 3.40. The van der Waals surface area contributed by atoms with E-state index in [-0.39, 0.29) is 23.5 Å². The van der Waals surface area contributed by atoms with Crippen molar-refractivity contribution in [3.63, 3.8) is 0 Å². The molecule has 6 rings (SSSR count). The van der Waals surface area contributed by atoms with Crippen LogP contribution in [0.4, 0.5) is 4.79 Å². The van der Waals surface area contributed by atoms with Crippen LogP contribution in [0.3, 0.4) is 0 Å². The van der Waals surface area contributed by atoms with Gasteiger partial charge in [-0.05, 0) is 88.0 Å². The molecule has 1 aromatic rings. The largest absolute Gasteiger partial charge is 0.466 e. The quantitative estimate of drug-likeness (QED) is 0.735. The van der Waals surface area contributed by atoms with Gasteiger partial charge in [0, 0.05) is 13.1 Å². The van der Waals surface area contributed by atoms with Gasteiger partial charge in [0.15, 0.2) is 0 Å². The number of esters is 1. The smallest absolute Gasteiger partial charge is 0.318 e. The zero-order valence-corrected chi connectivity index (χ0v) is 18.7. The summed E-state index contributed by atoms with van der Waals surface area (Å²) in [6, 6.07) is 9.26. The summed E-state index contributed by atoms with van der Waals surface area (Å²) in [4.78, 5) is 29.6. The van der Waals surface area contributed by atoms with E-state index in [9.17, 15) is 9.59 Å². The van der Waals surface area contributed by atoms with Crippen LogP contribution in [0.1, 0.15) is 63.0 Å². The molecule has 5 fully saturated rings. The summed E-state index contributed by atoms with van der Waals surface area (Å²) < 4.78 is 5.28. The van der Waals surface area contributed by atoms with E-state index in [0.717, 1.165) is 32.2 Å². The van der Waals surface area contributed by atoms with E-state index >= 15 is 0 Å². The van der Waals surface area contributed by atoms with Gasteiger partial charge in [0.1, 0.15) is 0 Å². The van der Waals surface area contributed by atoms with E-state index in [2.05, 4.69) is 34.5 Å². The van der Waals surface area contributed by atoms with Gasteiger partial charge in [-0.25, -0.2) is 4.79 Å². The van der Waals surface area contributed by atoms with Crippen LogP contribution in [-0.2, 0) is 20.5 Å². The normalized spacial score (nSPS) is 35.1. The van der Waals surface area contributed by atoms with E-state index < -0.39 is 0 Å². The lowest BCUT2D eigenvalue weighted by molar-refractivity contribution is -0.150. The number of fused-ring (bicyclic) bond motifs is 3. The first-order chi connectivity index (χ1) is 15.1. The second-order valence-corrected chi connectivity index (χ2v) is 9.89. The van der Waals surface area contributed by atoms with Crippen LogP contribution >= 0.6 is 0 Å². The summed E-state index contributed by atoms with van der Waals surface area (Å²) in [5.41, 5.74) is 2.71. The molecule has 168 valence electrons. The van der Waals surface area contributed by atoms with Gasteiger partial charge in [-0.3, -0.25) is 4.79 Å². The molecule has 2 bridgehead atoms. The Labute approximate surface area is 185 Å². The monoisotopic (exact) mass is 425 g/mol. The standard InChI is InChI=1S/C25H35N3O3/c1-2-31-22(29)19-7-9-25(10-8-19,28-18-14-26-23(28)30)21-5-3-20(4-6-21)24-11-15-27(16-12-24)17-13-24/h3-6,19H,2,7-18H2,1H3,(H,26,30). The Balaban J connectivity index is 1.41. The van der Waals surface area contributed by atoms with Crippen molar-refractivity contribution >= 4 is 12.0 Å². The summed E-state index contributed by atoms with van der Waals surface area (Å²) in [6.07, 6.45) is 6.93. The molecule has 0 atom stereocenters. The number of rotatable bonds is 5. The minimum atomic E-state index is -0.324. The number of nitrogens with zero attached hydrogens (tertiary/aromatic N) is 2. The van der Waals surface area contributed by atoms with Gasteiger partial charge >= 0.3 is 12.0 Å². The maximum Gasteiger partial charge on any atom is 0.318 e. The number of carbonyl (C=O) groups is 2. The number of carbonyl (C=O) groups excluding carboxylic acids is 2. The van der Waals surface area contributed by atoms with Crippen molar-refractivity contribution in [2.75, 3.05) is 39.3 Å². The van der Waals surface area contributed by atoms with E-state index in [4.69, 9.17) is 4.74 Å². The Kier molecular flexibility index (Phi) is 5.45. The number of ether oxygens (including phenoxy) is 1. The number of amides is 2. The lowest BCUT2D eigenvalue weighted by atomic mass is 9.66. The first-order valence-electron chi connectivity index (χ1n) is 12.1. The number of hydrogen-bond donors (Lipinski definition) is 1. The Bertz CT molecular complexity index is 807. The SMILES string of the molecule is CCOC(=O)C1CCC(c2ccc(C34CCN(CC3)CC4)cc2)(N2CCNC2=O)CC1. The van der Waals surface area contributed by atoms with Crippen LogP contribution in [0.15, 0.2) is 24.3 Å². The third-order valence-corrected chi connectivity index (χ3v) is 8.56. The lowest BCUT2D eigenvalue weighted by Crippen LogP contribution is -2.51. The molecule has 0 radical (unpaired) electrons. The second kappa shape index (κ2) is 8.12. The molecule has 1 saturated carbocycles. The molecule has 0 unspecified atom stereocenters. The highest BCUT2D eigenvalue weighted by Gasteiger charge is 2.47. The maximum absolute atomic E-state index is 12.7. The van der Waals surface area contributed by atoms with Crippen LogP contribution < -0.4 is 5.32 Å². The molecule has 4 saturated heterocycles. The Hall–Kier alpha value is -2.08. The molecule has 1 aromatic carbocycles. The average molecular weight is 426 g/mol. The number of piperidine rings is 3. The summed E-state index contributed by atoms with van der Waals surface area (Å²) in [6.45, 7) is 7.36. The molecule has 4 heterocycles. The number of urea groups is 1. The van der Waals surface area contributed by atoms with Crippen molar-refractivity contribution in [2.24, 2.45) is 5.92 Å². The molecule has 2 amide bonds. The van der Waals surface area contributed by atoms with E-state index in [1.165, 1.54) is 50.0 Å². The highest BCUT2D eigenvalue weighted by atomic mass is 16.5. The zero-order chi connectivity index (χ0) is 21.5. The summed E-state index contributed by atoms with van der Waals surface area (Å²) in [5.74, 6) is -0.135. The van der Waals surface area contributed by atoms with Gasteiger partial charge in [-0.15, -0.1) is 0 Å². The van der Waals surface area contributed by atoms with Gasteiger partial charge < -0.3 is 19.9 Å². The van der Waals surface area contributed by atoms with Gasteiger partial charge in [0.05, 0.1) is 18.1 Å². The molecular formula is C25H35N3O3. The molecule has 1 N–H and O–H groups in total. The van der Waals surface area contributed by atoms with Gasteiger partial charge in [0.2, 0.25) is 0 Å². The predicted molar refractivity (Wildman–Crippen MR) is 119 cm³/mol. The fourth-order valence-corrected chi connectivity index (χ4v) is 6.58. The number of benzene rings is 1. The Morgan fingerprint density at radius 1 is 1.00 bits per heavy atom. The van der Waals surface area contributed by atoms with Gasteiger partial charge in [-0.1, -0.05) is 24.3 Å². The van der Waals surface area contributed by atoms with Crippen molar-refractivity contribution in [1.29, 1.82) is 0 Å². The minimum Gasteiger partial charge on any atom is -0.466 e. The molecule has 0 aromatic heterocycles. The molecule has 5 aliphatic rings. The van der Waals surface area contributed by atoms with Crippen molar-refractivity contribution in [3.8, 4) is 0 Å². The van der Waals surface area contributed by atoms with Crippen LogP contribution in [0, 0.1) is 5.92 Å². The highest BCUT2D eigenvalue weighted by molar-refractivity contribution is 5.78. The zero-order valence-electron chi connectivity index (χ0n) is 18.7. The fraction of sp³-hybridized carbons (Fsp3) is 0.680. The fourth-order valence-electron chi connectivity index (χ4n) is 6.58. The summed E-state index contributed by atoms with van der Waals surface area (Å²) in [5, 5.41) is 2.99. The van der Waals surface area contributed by atoms with Crippen LogP contribution in [0.25, 0.3) is 0 Å². The molecule has 0 spiro atoms. The van der Waals surface area contributed by atoms with Crippen LogP contribution in [0.5, 0.6) is 0 Å². The van der Waals surface area contributed by atoms with Crippen molar-refractivity contribution in [2.45, 2.75) is 62.8 Å². The summed E-state index contributed by atoms with van der Waals surface area (Å²) >= 11 is 0. The number of hydrogen-bond acceptors (Lipinski definition) is 4. The van der Waals surface area contributed by atoms with Crippen LogP contribution in [-0.4, -0.2) is 61.1 Å². The topological polar surface area (TPSA) is 61.9 Å². The van der Waals surface area contributed by atoms with E-state index in [1.807, 2.05) is 11.8 Å². The lowest BCUT2D eigenvalue weighted by Gasteiger charge is -2.49. The first kappa shape index (κ1) is 20.8. The number of nitrogens with one attached hydrogen (secondary N) is 1. The molecule has 1 aliphatic carbocycles. The second-order valence-electron chi connectivity index (χ2n) is 9.89. The van der Waals surface area contributed by atoms with Gasteiger partial charge in [-0.2, -0.15) is 0 Å². The third kappa shape index (κ3) is 3.53. The molecular weight excluding hydrogens is 390 g/mol. The van der Waals surface area contributed by atoms with Gasteiger partial charge in [0.25, 0.3) is 0 Å². The molecule has 6 heteroatoms. The molecule has 31 heavy (non-hydrogen) atoms. The van der Waals surface area contributed by atoms with E-state index in [1.54, 1.807) is 0 Å². The van der Waals surface area contributed by atoms with Crippen molar-refractivity contribution in [3.05, 3.63) is 35.4 Å². The average Bonchev–Trinajstić information content (AvgIpc) is 3.27. The van der Waals surface area contributed by atoms with E-state index in [0.29, 0.717) is 18.6 Å². The first-order valence-corrected chi connectivity index (χ1v) is 12.1. The third-order valence-electron chi connectivity index (χ3n) is 8.56. The Morgan fingerprint density at radius 3 is 2.16 bits per heavy atom. The summed E-state index contributed by atoms with van der Waals surface area (Å²) in [7, 11) is 0. The molecule has 6 nitrogen and oxygen atoms in total. The maximum atomic E-state index is 12.7. The van der Waals surface area contributed by atoms with Crippen molar-refractivity contribution < 1.29 is 14.3 Å². The van der Waals surface area contributed by atoms with Crippen molar-refractivity contribution in [1.82, 2.24) is 15.1 Å². The molecule has 4 aliphatic heterocycles. The minimum absolute atomic E-state index is 0.0249. The Morgan fingerprint density at radius 2 is 1.61 bits per heavy atom. The highest BCUT2D eigenvalue weighted by Crippen LogP contribution is 2.47.